The molecule has 0 aromatic heterocycles. The lowest BCUT2D eigenvalue weighted by atomic mass is 10.0. The van der Waals surface area contributed by atoms with Crippen molar-refractivity contribution >= 4 is 0 Å². The highest BCUT2D eigenvalue weighted by Gasteiger charge is 1.98. The second-order valence-corrected chi connectivity index (χ2v) is 6.80. The molecule has 1 aromatic rings. The maximum atomic E-state index is 5.70. The number of hydrogen-bond acceptors (Lipinski definition) is 2. The van der Waals surface area contributed by atoms with Crippen LogP contribution in [0.15, 0.2) is 65.8 Å². The van der Waals surface area contributed by atoms with E-state index >= 15 is 0 Å². The number of rotatable bonds is 11. The van der Waals surface area contributed by atoms with Crippen molar-refractivity contribution in [2.45, 2.75) is 39.7 Å². The molecule has 0 fully saturated rings. The largest absolute Gasteiger partial charge is 0.373 e. The molecule has 1 rings (SSSR count). The van der Waals surface area contributed by atoms with Crippen LogP contribution in [-0.4, -0.2) is 32.1 Å². The monoisotopic (exact) mass is 327 g/mol. The molecule has 1 aromatic carbocycles. The summed E-state index contributed by atoms with van der Waals surface area (Å²) in [4.78, 5) is 2.16. The van der Waals surface area contributed by atoms with E-state index in [0.29, 0.717) is 13.2 Å². The van der Waals surface area contributed by atoms with Gasteiger partial charge in [0.25, 0.3) is 0 Å². The summed E-state index contributed by atoms with van der Waals surface area (Å²) in [7, 11) is 4.16. The summed E-state index contributed by atoms with van der Waals surface area (Å²) in [5.74, 6) is 0. The molecule has 0 spiro atoms. The lowest BCUT2D eigenvalue weighted by Gasteiger charge is -2.12. The first-order valence-electron chi connectivity index (χ1n) is 8.71. The molecule has 2 nitrogen and oxygen atoms in total. The first kappa shape index (κ1) is 20.4. The molecule has 0 bridgehead atoms. The van der Waals surface area contributed by atoms with E-state index in [1.54, 1.807) is 0 Å². The molecule has 0 amide bonds. The number of benzene rings is 1. The molecule has 0 saturated carbocycles. The van der Waals surface area contributed by atoms with Crippen LogP contribution in [0.5, 0.6) is 0 Å². The second-order valence-electron chi connectivity index (χ2n) is 6.80. The Hall–Kier alpha value is -1.64. The zero-order chi connectivity index (χ0) is 17.8. The van der Waals surface area contributed by atoms with Crippen LogP contribution >= 0.6 is 0 Å². The van der Waals surface area contributed by atoms with Crippen molar-refractivity contribution in [2.24, 2.45) is 0 Å². The number of hydrogen-bond donors (Lipinski definition) is 0. The fourth-order valence-corrected chi connectivity index (χ4v) is 2.57. The summed E-state index contributed by atoms with van der Waals surface area (Å²) in [6, 6.07) is 10.3. The Balaban J connectivity index is 2.21. The van der Waals surface area contributed by atoms with Crippen molar-refractivity contribution in [3.05, 3.63) is 71.3 Å². The minimum absolute atomic E-state index is 0.678. The summed E-state index contributed by atoms with van der Waals surface area (Å²) in [6.45, 7) is 10.8. The highest BCUT2D eigenvalue weighted by molar-refractivity contribution is 5.14. The van der Waals surface area contributed by atoms with Crippen LogP contribution in [-0.2, 0) is 11.3 Å². The molecule has 132 valence electrons. The van der Waals surface area contributed by atoms with E-state index < -0.39 is 0 Å². The van der Waals surface area contributed by atoms with Gasteiger partial charge in [-0.25, -0.2) is 0 Å². The molecule has 0 atom stereocenters. The van der Waals surface area contributed by atoms with Crippen LogP contribution in [0.1, 0.15) is 38.7 Å². The molecular weight excluding hydrogens is 294 g/mol. The Morgan fingerprint density at radius 3 is 2.46 bits per heavy atom. The molecule has 0 heterocycles. The van der Waals surface area contributed by atoms with Gasteiger partial charge < -0.3 is 9.64 Å². The summed E-state index contributed by atoms with van der Waals surface area (Å²) >= 11 is 0. The minimum Gasteiger partial charge on any atom is -0.373 e. The average Bonchev–Trinajstić information content (AvgIpc) is 2.51. The topological polar surface area (TPSA) is 12.5 Å². The molecule has 0 radical (unpaired) electrons. The SMILES string of the molecule is C=C(C/C(C)=C/CC/C(C)=C/COCc1ccccc1)CN(C)C. The van der Waals surface area contributed by atoms with Gasteiger partial charge in [-0.15, -0.1) is 0 Å². The van der Waals surface area contributed by atoms with Crippen molar-refractivity contribution in [2.75, 3.05) is 27.2 Å². The van der Waals surface area contributed by atoms with Gasteiger partial charge in [0.1, 0.15) is 0 Å². The van der Waals surface area contributed by atoms with E-state index in [2.05, 4.69) is 63.7 Å². The molecule has 0 unspecified atom stereocenters. The van der Waals surface area contributed by atoms with Crippen molar-refractivity contribution in [1.82, 2.24) is 4.90 Å². The maximum absolute atomic E-state index is 5.70. The average molecular weight is 328 g/mol. The van der Waals surface area contributed by atoms with Crippen LogP contribution < -0.4 is 0 Å². The zero-order valence-corrected chi connectivity index (χ0v) is 15.8. The third-order valence-corrected chi connectivity index (χ3v) is 3.76. The number of allylic oxidation sites excluding steroid dienone is 3. The number of likely N-dealkylation sites (N-methyl/N-ethyl adjacent to an activating group) is 1. The number of ether oxygens (including phenoxy) is 1. The van der Waals surface area contributed by atoms with Gasteiger partial charge in [0.2, 0.25) is 0 Å². The van der Waals surface area contributed by atoms with E-state index in [0.717, 1.165) is 25.8 Å². The Kier molecular flexibility index (Phi) is 10.1. The molecule has 2 heteroatoms. The third kappa shape index (κ3) is 10.2. The Labute approximate surface area is 148 Å². The fourth-order valence-electron chi connectivity index (χ4n) is 2.57. The smallest absolute Gasteiger partial charge is 0.0721 e. The summed E-state index contributed by atoms with van der Waals surface area (Å²) in [6.07, 6.45) is 7.70. The van der Waals surface area contributed by atoms with Gasteiger partial charge in [-0.3, -0.25) is 0 Å². The van der Waals surface area contributed by atoms with Crippen LogP contribution in [0.4, 0.5) is 0 Å². The quantitative estimate of drug-likeness (QED) is 0.399. The predicted molar refractivity (Wildman–Crippen MR) is 105 cm³/mol. The fraction of sp³-hybridized carbons (Fsp3) is 0.455. The lowest BCUT2D eigenvalue weighted by molar-refractivity contribution is 0.148. The van der Waals surface area contributed by atoms with Crippen LogP contribution in [0.2, 0.25) is 0 Å². The lowest BCUT2D eigenvalue weighted by Crippen LogP contribution is -2.14. The molecular formula is C22H33NO. The first-order chi connectivity index (χ1) is 11.5. The van der Waals surface area contributed by atoms with Crippen molar-refractivity contribution < 1.29 is 4.74 Å². The number of nitrogens with zero attached hydrogens (tertiary/aromatic N) is 1. The standard InChI is InChI=1S/C22H33NO/c1-19(14-15-24-18-22-12-7-6-8-13-22)10-9-11-20(2)16-21(3)17-23(4)5/h6-8,11-14H,3,9-10,15-18H2,1-2,4-5H3/b19-14+,20-11+. The van der Waals surface area contributed by atoms with Crippen molar-refractivity contribution in [3.8, 4) is 0 Å². The van der Waals surface area contributed by atoms with Gasteiger partial charge in [0.05, 0.1) is 13.2 Å². The second kappa shape index (κ2) is 11.8. The summed E-state index contributed by atoms with van der Waals surface area (Å²) in [5, 5.41) is 0. The zero-order valence-electron chi connectivity index (χ0n) is 15.8. The Morgan fingerprint density at radius 1 is 1.08 bits per heavy atom. The molecule has 0 saturated heterocycles. The van der Waals surface area contributed by atoms with Gasteiger partial charge in [-0.05, 0) is 52.8 Å². The van der Waals surface area contributed by atoms with Crippen LogP contribution in [0, 0.1) is 0 Å². The van der Waals surface area contributed by atoms with E-state index in [1.807, 2.05) is 18.2 Å². The summed E-state index contributed by atoms with van der Waals surface area (Å²) < 4.78 is 5.70. The Morgan fingerprint density at radius 2 is 1.79 bits per heavy atom. The molecule has 0 aliphatic carbocycles. The first-order valence-corrected chi connectivity index (χ1v) is 8.71. The minimum atomic E-state index is 0.678. The predicted octanol–water partition coefficient (Wildman–Crippen LogP) is 5.38. The van der Waals surface area contributed by atoms with E-state index in [-0.39, 0.29) is 0 Å². The van der Waals surface area contributed by atoms with E-state index in [1.165, 1.54) is 22.3 Å². The molecule has 24 heavy (non-hydrogen) atoms. The third-order valence-electron chi connectivity index (χ3n) is 3.76. The van der Waals surface area contributed by atoms with Crippen LogP contribution in [0.25, 0.3) is 0 Å². The summed E-state index contributed by atoms with van der Waals surface area (Å²) in [5.41, 5.74) is 5.30. The Bertz CT molecular complexity index is 540. The van der Waals surface area contributed by atoms with Crippen molar-refractivity contribution in [3.63, 3.8) is 0 Å². The van der Waals surface area contributed by atoms with E-state index in [9.17, 15) is 0 Å². The molecule has 0 aliphatic heterocycles. The van der Waals surface area contributed by atoms with E-state index in [4.69, 9.17) is 4.74 Å². The van der Waals surface area contributed by atoms with Gasteiger partial charge in [-0.1, -0.05) is 65.8 Å². The van der Waals surface area contributed by atoms with Crippen molar-refractivity contribution in [1.29, 1.82) is 0 Å². The van der Waals surface area contributed by atoms with Gasteiger partial charge in [0, 0.05) is 6.54 Å². The highest BCUT2D eigenvalue weighted by atomic mass is 16.5. The van der Waals surface area contributed by atoms with Gasteiger partial charge in [0.15, 0.2) is 0 Å². The van der Waals surface area contributed by atoms with Gasteiger partial charge >= 0.3 is 0 Å². The molecule has 0 N–H and O–H groups in total. The normalized spacial score (nSPS) is 12.7. The molecule has 0 aliphatic rings. The van der Waals surface area contributed by atoms with Crippen LogP contribution in [0.3, 0.4) is 0 Å². The maximum Gasteiger partial charge on any atom is 0.0721 e. The highest BCUT2D eigenvalue weighted by Crippen LogP contribution is 2.13. The van der Waals surface area contributed by atoms with Gasteiger partial charge in [-0.2, -0.15) is 0 Å².